The first kappa shape index (κ1) is 14.9. The summed E-state index contributed by atoms with van der Waals surface area (Å²) >= 11 is 1.59. The van der Waals surface area contributed by atoms with Crippen molar-refractivity contribution in [3.05, 3.63) is 22.4 Å². The maximum atomic E-state index is 11.9. The average molecular weight is 293 g/mol. The Bertz CT molecular complexity index is 522. The Balaban J connectivity index is 1.97. The second-order valence-corrected chi connectivity index (χ2v) is 6.62. The van der Waals surface area contributed by atoms with Crippen LogP contribution < -0.4 is 0 Å². The molecule has 20 heavy (non-hydrogen) atoms. The predicted molar refractivity (Wildman–Crippen MR) is 78.5 cm³/mol. The SMILES string of the molecule is CC(C)(C)OC(=O)N1C[C@@H](O)[C@H](C#Cc2ccsc2)C1. The van der Waals surface area contributed by atoms with Gasteiger partial charge in [-0.2, -0.15) is 11.3 Å². The summed E-state index contributed by atoms with van der Waals surface area (Å²) in [4.78, 5) is 13.4. The Morgan fingerprint density at radius 1 is 1.50 bits per heavy atom. The summed E-state index contributed by atoms with van der Waals surface area (Å²) < 4.78 is 5.30. The molecule has 0 aliphatic carbocycles. The summed E-state index contributed by atoms with van der Waals surface area (Å²) in [6.45, 7) is 6.16. The molecule has 1 aromatic rings. The fourth-order valence-corrected chi connectivity index (χ4v) is 2.50. The smallest absolute Gasteiger partial charge is 0.410 e. The van der Waals surface area contributed by atoms with Gasteiger partial charge in [0.2, 0.25) is 0 Å². The molecule has 0 saturated carbocycles. The van der Waals surface area contributed by atoms with Crippen molar-refractivity contribution in [2.75, 3.05) is 13.1 Å². The Morgan fingerprint density at radius 2 is 2.25 bits per heavy atom. The van der Waals surface area contributed by atoms with Gasteiger partial charge < -0.3 is 14.7 Å². The van der Waals surface area contributed by atoms with Gasteiger partial charge in [0.05, 0.1) is 18.6 Å². The number of nitrogens with zero attached hydrogens (tertiary/aromatic N) is 1. The number of amides is 1. The third-order valence-corrected chi connectivity index (χ3v) is 3.55. The highest BCUT2D eigenvalue weighted by atomic mass is 32.1. The Labute approximate surface area is 123 Å². The van der Waals surface area contributed by atoms with E-state index in [9.17, 15) is 9.90 Å². The highest BCUT2D eigenvalue weighted by Gasteiger charge is 2.35. The number of β-amino-alcohol motifs (C(OH)–C–C–N with tert-alkyl or cyclic N) is 1. The van der Waals surface area contributed by atoms with Gasteiger partial charge in [-0.1, -0.05) is 11.8 Å². The molecule has 2 rings (SSSR count). The van der Waals surface area contributed by atoms with E-state index < -0.39 is 17.8 Å². The van der Waals surface area contributed by atoms with Gasteiger partial charge >= 0.3 is 6.09 Å². The number of aliphatic hydroxyl groups is 1. The molecule has 0 unspecified atom stereocenters. The highest BCUT2D eigenvalue weighted by molar-refractivity contribution is 7.08. The van der Waals surface area contributed by atoms with Crippen molar-refractivity contribution in [3.8, 4) is 11.8 Å². The maximum Gasteiger partial charge on any atom is 0.410 e. The molecule has 0 radical (unpaired) electrons. The van der Waals surface area contributed by atoms with Crippen LogP contribution in [0.4, 0.5) is 4.79 Å². The van der Waals surface area contributed by atoms with Crippen LogP contribution >= 0.6 is 11.3 Å². The van der Waals surface area contributed by atoms with Crippen LogP contribution in [0, 0.1) is 17.8 Å². The first-order chi connectivity index (χ1) is 9.35. The lowest BCUT2D eigenvalue weighted by Gasteiger charge is -2.24. The molecule has 1 saturated heterocycles. The summed E-state index contributed by atoms with van der Waals surface area (Å²) in [6.07, 6.45) is -1.01. The van der Waals surface area contributed by atoms with Gasteiger partial charge in [-0.25, -0.2) is 4.79 Å². The van der Waals surface area contributed by atoms with E-state index in [4.69, 9.17) is 4.74 Å². The van der Waals surface area contributed by atoms with Gasteiger partial charge in [0.25, 0.3) is 0 Å². The van der Waals surface area contributed by atoms with Crippen molar-refractivity contribution in [1.29, 1.82) is 0 Å². The summed E-state index contributed by atoms with van der Waals surface area (Å²) in [6, 6.07) is 1.94. The standard InChI is InChI=1S/C15H19NO3S/c1-15(2,3)19-14(18)16-8-12(13(17)9-16)5-4-11-6-7-20-10-11/h6-7,10,12-13,17H,8-9H2,1-3H3/t12-,13-/m1/s1. The molecule has 2 atom stereocenters. The molecule has 0 aromatic carbocycles. The van der Waals surface area contributed by atoms with E-state index in [1.165, 1.54) is 4.90 Å². The molecule has 1 aliphatic rings. The van der Waals surface area contributed by atoms with Crippen molar-refractivity contribution >= 4 is 17.4 Å². The molecule has 1 aliphatic heterocycles. The lowest BCUT2D eigenvalue weighted by atomic mass is 10.1. The fraction of sp³-hybridized carbons (Fsp3) is 0.533. The van der Waals surface area contributed by atoms with Crippen LogP contribution in [-0.4, -0.2) is 40.9 Å². The van der Waals surface area contributed by atoms with Crippen molar-refractivity contribution in [3.63, 3.8) is 0 Å². The van der Waals surface area contributed by atoms with E-state index in [0.717, 1.165) is 5.56 Å². The van der Waals surface area contributed by atoms with Gasteiger partial charge in [-0.05, 0) is 32.2 Å². The van der Waals surface area contributed by atoms with E-state index in [-0.39, 0.29) is 12.5 Å². The summed E-state index contributed by atoms with van der Waals surface area (Å²) in [7, 11) is 0. The number of likely N-dealkylation sites (tertiary alicyclic amines) is 1. The van der Waals surface area contributed by atoms with Crippen molar-refractivity contribution < 1.29 is 14.6 Å². The lowest BCUT2D eigenvalue weighted by molar-refractivity contribution is 0.0270. The predicted octanol–water partition coefficient (Wildman–Crippen LogP) is 2.33. The van der Waals surface area contributed by atoms with Gasteiger partial charge in [0.15, 0.2) is 0 Å². The van der Waals surface area contributed by atoms with Crippen LogP contribution in [0.3, 0.4) is 0 Å². The monoisotopic (exact) mass is 293 g/mol. The fourth-order valence-electron chi connectivity index (χ4n) is 1.92. The van der Waals surface area contributed by atoms with Gasteiger partial charge in [-0.15, -0.1) is 0 Å². The van der Waals surface area contributed by atoms with Gasteiger partial charge in [0.1, 0.15) is 5.60 Å². The summed E-state index contributed by atoms with van der Waals surface area (Å²) in [5.41, 5.74) is 0.417. The minimum atomic E-state index is -0.617. The molecule has 2 heterocycles. The van der Waals surface area contributed by atoms with E-state index in [1.54, 1.807) is 11.3 Å². The molecule has 0 spiro atoms. The maximum absolute atomic E-state index is 11.9. The van der Waals surface area contributed by atoms with E-state index >= 15 is 0 Å². The normalized spacial score (nSPS) is 22.3. The van der Waals surface area contributed by atoms with Crippen LogP contribution in [0.25, 0.3) is 0 Å². The van der Waals surface area contributed by atoms with Crippen molar-refractivity contribution in [1.82, 2.24) is 4.90 Å². The van der Waals surface area contributed by atoms with Crippen molar-refractivity contribution in [2.24, 2.45) is 5.92 Å². The average Bonchev–Trinajstić information content (AvgIpc) is 2.93. The molecule has 4 nitrogen and oxygen atoms in total. The number of aliphatic hydroxyl groups excluding tert-OH is 1. The third kappa shape index (κ3) is 3.99. The lowest BCUT2D eigenvalue weighted by Crippen LogP contribution is -2.35. The van der Waals surface area contributed by atoms with E-state index in [0.29, 0.717) is 6.54 Å². The van der Waals surface area contributed by atoms with Crippen LogP contribution in [0.15, 0.2) is 16.8 Å². The van der Waals surface area contributed by atoms with E-state index in [1.807, 2.05) is 37.6 Å². The summed E-state index contributed by atoms with van der Waals surface area (Å²) in [5, 5.41) is 13.9. The molecule has 0 bridgehead atoms. The largest absolute Gasteiger partial charge is 0.444 e. The Morgan fingerprint density at radius 3 is 2.85 bits per heavy atom. The minimum absolute atomic E-state index is 0.220. The Kier molecular flexibility index (Phi) is 4.36. The second-order valence-electron chi connectivity index (χ2n) is 5.84. The molecule has 1 N–H and O–H groups in total. The topological polar surface area (TPSA) is 49.8 Å². The number of ether oxygens (including phenoxy) is 1. The molecular weight excluding hydrogens is 274 g/mol. The van der Waals surface area contributed by atoms with E-state index in [2.05, 4.69) is 11.8 Å². The Hall–Kier alpha value is -1.51. The zero-order valence-corrected chi connectivity index (χ0v) is 12.7. The molecular formula is C15H19NO3S. The van der Waals surface area contributed by atoms with Crippen LogP contribution in [-0.2, 0) is 4.74 Å². The number of thiophene rings is 1. The number of carbonyl (C=O) groups excluding carboxylic acids is 1. The zero-order valence-electron chi connectivity index (χ0n) is 11.9. The second kappa shape index (κ2) is 5.86. The number of carbonyl (C=O) groups is 1. The third-order valence-electron chi connectivity index (χ3n) is 2.86. The first-order valence-electron chi connectivity index (χ1n) is 6.55. The van der Waals surface area contributed by atoms with Crippen LogP contribution in [0.2, 0.25) is 0 Å². The molecule has 108 valence electrons. The van der Waals surface area contributed by atoms with Gasteiger partial charge in [-0.3, -0.25) is 0 Å². The molecule has 1 aromatic heterocycles. The van der Waals surface area contributed by atoms with Gasteiger partial charge in [0, 0.05) is 17.5 Å². The van der Waals surface area contributed by atoms with Crippen LogP contribution in [0.1, 0.15) is 26.3 Å². The first-order valence-corrected chi connectivity index (χ1v) is 7.49. The highest BCUT2D eigenvalue weighted by Crippen LogP contribution is 2.19. The number of rotatable bonds is 0. The zero-order chi connectivity index (χ0) is 14.8. The number of hydrogen-bond donors (Lipinski definition) is 1. The van der Waals surface area contributed by atoms with Crippen molar-refractivity contribution in [2.45, 2.75) is 32.5 Å². The molecule has 1 amide bonds. The number of hydrogen-bond acceptors (Lipinski definition) is 4. The van der Waals surface area contributed by atoms with Crippen LogP contribution in [0.5, 0.6) is 0 Å². The molecule has 5 heteroatoms. The molecule has 1 fully saturated rings. The quantitative estimate of drug-likeness (QED) is 0.747. The summed E-state index contributed by atoms with van der Waals surface area (Å²) in [5.74, 6) is 5.85. The minimum Gasteiger partial charge on any atom is -0.444 e.